The van der Waals surface area contributed by atoms with E-state index in [0.29, 0.717) is 43.9 Å². The van der Waals surface area contributed by atoms with Gasteiger partial charge < -0.3 is 14.8 Å². The fourth-order valence-electron chi connectivity index (χ4n) is 3.13. The molecule has 21 heavy (non-hydrogen) atoms. The minimum Gasteiger partial charge on any atom is -0.344 e. The van der Waals surface area contributed by atoms with Gasteiger partial charge >= 0.3 is 6.18 Å². The van der Waals surface area contributed by atoms with Crippen molar-refractivity contribution in [2.24, 2.45) is 0 Å². The van der Waals surface area contributed by atoms with Crippen molar-refractivity contribution in [1.82, 2.24) is 19.8 Å². The highest BCUT2D eigenvalue weighted by atomic mass is 19.4. The van der Waals surface area contributed by atoms with Gasteiger partial charge in [-0.05, 0) is 6.42 Å². The first-order chi connectivity index (χ1) is 9.88. The van der Waals surface area contributed by atoms with E-state index in [0.717, 1.165) is 0 Å². The number of halogens is 3. The van der Waals surface area contributed by atoms with E-state index in [1.807, 2.05) is 0 Å². The molecule has 0 aromatic carbocycles. The molecule has 0 radical (unpaired) electrons. The van der Waals surface area contributed by atoms with E-state index in [2.05, 4.69) is 10.3 Å². The van der Waals surface area contributed by atoms with E-state index in [4.69, 9.17) is 0 Å². The number of piperidine rings is 1. The van der Waals surface area contributed by atoms with Crippen LogP contribution in [0.25, 0.3) is 0 Å². The highest BCUT2D eigenvalue weighted by molar-refractivity contribution is 5.76. The Balaban J connectivity index is 2.03. The molecule has 1 amide bonds. The number of carbonyl (C=O) groups excluding carboxylic acids is 1. The smallest absolute Gasteiger partial charge is 0.344 e. The van der Waals surface area contributed by atoms with Crippen LogP contribution in [0.15, 0.2) is 0 Å². The molecule has 1 aromatic heterocycles. The zero-order chi connectivity index (χ0) is 15.2. The average Bonchev–Trinajstić information content (AvgIpc) is 2.81. The monoisotopic (exact) mass is 302 g/mol. The zero-order valence-corrected chi connectivity index (χ0v) is 11.7. The van der Waals surface area contributed by atoms with Crippen molar-refractivity contribution < 1.29 is 18.0 Å². The fraction of sp³-hybridized carbons (Fsp3) is 0.692. The third kappa shape index (κ3) is 2.52. The van der Waals surface area contributed by atoms with Crippen LogP contribution in [-0.2, 0) is 23.9 Å². The van der Waals surface area contributed by atoms with Crippen molar-refractivity contribution in [2.45, 2.75) is 38.0 Å². The summed E-state index contributed by atoms with van der Waals surface area (Å²) < 4.78 is 41.2. The summed E-state index contributed by atoms with van der Waals surface area (Å²) in [6.45, 7) is 1.32. The van der Waals surface area contributed by atoms with Crippen LogP contribution < -0.4 is 5.32 Å². The topological polar surface area (TPSA) is 50.2 Å². The largest absolute Gasteiger partial charge is 0.449 e. The third-order valence-corrected chi connectivity index (χ3v) is 4.14. The standard InChI is InChI=1S/C13H17F3N4O/c1-19-7-8(2-3-11(19)21)20-10-4-5-17-6-9(10)18-12(20)13(14,15)16/h8,17H,2-7H2,1H3. The number of amides is 1. The lowest BCUT2D eigenvalue weighted by molar-refractivity contribution is -0.148. The molecule has 0 bridgehead atoms. The van der Waals surface area contributed by atoms with Crippen LogP contribution in [0.3, 0.4) is 0 Å². The lowest BCUT2D eigenvalue weighted by Gasteiger charge is -2.33. The average molecular weight is 302 g/mol. The number of hydrogen-bond donors (Lipinski definition) is 1. The molecule has 0 spiro atoms. The van der Waals surface area contributed by atoms with Gasteiger partial charge in [0.1, 0.15) is 0 Å². The van der Waals surface area contributed by atoms with Gasteiger partial charge in [0.2, 0.25) is 11.7 Å². The van der Waals surface area contributed by atoms with E-state index in [1.165, 1.54) is 9.47 Å². The van der Waals surface area contributed by atoms with Gasteiger partial charge in [-0.2, -0.15) is 13.2 Å². The van der Waals surface area contributed by atoms with Crippen LogP contribution in [-0.4, -0.2) is 40.5 Å². The Kier molecular flexibility index (Phi) is 3.43. The highest BCUT2D eigenvalue weighted by Crippen LogP contribution is 2.36. The molecule has 3 rings (SSSR count). The Labute approximate surface area is 120 Å². The molecule has 5 nitrogen and oxygen atoms in total. The second-order valence-electron chi connectivity index (χ2n) is 5.59. The zero-order valence-electron chi connectivity index (χ0n) is 11.7. The molecule has 1 aromatic rings. The molecular formula is C13H17F3N4O. The first-order valence-electron chi connectivity index (χ1n) is 7.00. The predicted octanol–water partition coefficient (Wildman–Crippen LogP) is 1.34. The van der Waals surface area contributed by atoms with Gasteiger partial charge in [-0.1, -0.05) is 0 Å². The summed E-state index contributed by atoms with van der Waals surface area (Å²) in [4.78, 5) is 16.9. The summed E-state index contributed by atoms with van der Waals surface area (Å²) in [7, 11) is 1.63. The van der Waals surface area contributed by atoms with Crippen molar-refractivity contribution in [3.63, 3.8) is 0 Å². The number of aromatic nitrogens is 2. The van der Waals surface area contributed by atoms with E-state index >= 15 is 0 Å². The van der Waals surface area contributed by atoms with Crippen LogP contribution in [0.1, 0.15) is 36.1 Å². The summed E-state index contributed by atoms with van der Waals surface area (Å²) in [5, 5.41) is 3.04. The highest BCUT2D eigenvalue weighted by Gasteiger charge is 2.41. The molecule has 2 aliphatic heterocycles. The molecule has 0 aliphatic carbocycles. The second-order valence-corrected chi connectivity index (χ2v) is 5.59. The maximum absolute atomic E-state index is 13.3. The van der Waals surface area contributed by atoms with Crippen LogP contribution in [0.4, 0.5) is 13.2 Å². The maximum Gasteiger partial charge on any atom is 0.449 e. The number of alkyl halides is 3. The minimum absolute atomic E-state index is 0.0181. The minimum atomic E-state index is -4.47. The number of likely N-dealkylation sites (tertiary alicyclic amines) is 1. The van der Waals surface area contributed by atoms with Gasteiger partial charge in [0.05, 0.1) is 11.7 Å². The van der Waals surface area contributed by atoms with E-state index < -0.39 is 12.0 Å². The number of likely N-dealkylation sites (N-methyl/N-ethyl adjacent to an activating group) is 1. The van der Waals surface area contributed by atoms with Crippen molar-refractivity contribution in [3.8, 4) is 0 Å². The van der Waals surface area contributed by atoms with Crippen LogP contribution in [0.5, 0.6) is 0 Å². The Morgan fingerprint density at radius 1 is 1.33 bits per heavy atom. The van der Waals surface area contributed by atoms with Crippen molar-refractivity contribution in [2.75, 3.05) is 20.1 Å². The SMILES string of the molecule is CN1CC(n2c(C(F)(F)F)nc3c2CCNC3)CCC1=O. The summed E-state index contributed by atoms with van der Waals surface area (Å²) in [5.41, 5.74) is 1.14. The number of imidazole rings is 1. The van der Waals surface area contributed by atoms with E-state index in [9.17, 15) is 18.0 Å². The summed E-state index contributed by atoms with van der Waals surface area (Å²) in [6.07, 6.45) is -3.23. The van der Waals surface area contributed by atoms with Crippen molar-refractivity contribution in [3.05, 3.63) is 17.2 Å². The number of hydrogen-bond acceptors (Lipinski definition) is 3. The molecule has 1 unspecified atom stereocenters. The van der Waals surface area contributed by atoms with Crippen LogP contribution >= 0.6 is 0 Å². The fourth-order valence-corrected chi connectivity index (χ4v) is 3.13. The lowest BCUT2D eigenvalue weighted by Crippen LogP contribution is -2.39. The van der Waals surface area contributed by atoms with Crippen molar-refractivity contribution in [1.29, 1.82) is 0 Å². The summed E-state index contributed by atoms with van der Waals surface area (Å²) in [5.74, 6) is -0.848. The molecule has 8 heteroatoms. The lowest BCUT2D eigenvalue weighted by atomic mass is 10.0. The number of fused-ring (bicyclic) bond motifs is 1. The predicted molar refractivity (Wildman–Crippen MR) is 68.5 cm³/mol. The number of nitrogens with zero attached hydrogens (tertiary/aromatic N) is 3. The van der Waals surface area contributed by atoms with E-state index in [-0.39, 0.29) is 18.4 Å². The number of carbonyl (C=O) groups is 1. The van der Waals surface area contributed by atoms with Gasteiger partial charge in [-0.15, -0.1) is 0 Å². The van der Waals surface area contributed by atoms with Gasteiger partial charge in [0.25, 0.3) is 0 Å². The Bertz CT molecular complexity index is 566. The second kappa shape index (κ2) is 5.01. The molecular weight excluding hydrogens is 285 g/mol. The van der Waals surface area contributed by atoms with Gasteiger partial charge in [-0.3, -0.25) is 4.79 Å². The molecule has 1 saturated heterocycles. The summed E-state index contributed by atoms with van der Waals surface area (Å²) >= 11 is 0. The van der Waals surface area contributed by atoms with Crippen LogP contribution in [0, 0.1) is 0 Å². The Hall–Kier alpha value is -1.57. The van der Waals surface area contributed by atoms with Crippen molar-refractivity contribution >= 4 is 5.91 Å². The molecule has 1 N–H and O–H groups in total. The molecule has 3 heterocycles. The molecule has 0 saturated carbocycles. The quantitative estimate of drug-likeness (QED) is 0.852. The first-order valence-corrected chi connectivity index (χ1v) is 7.00. The first kappa shape index (κ1) is 14.4. The number of rotatable bonds is 1. The normalized spacial score (nSPS) is 23.3. The maximum atomic E-state index is 13.3. The molecule has 116 valence electrons. The number of nitrogens with one attached hydrogen (secondary N) is 1. The third-order valence-electron chi connectivity index (χ3n) is 4.14. The van der Waals surface area contributed by atoms with Crippen LogP contribution in [0.2, 0.25) is 0 Å². The molecule has 1 fully saturated rings. The Morgan fingerprint density at radius 3 is 2.76 bits per heavy atom. The van der Waals surface area contributed by atoms with Gasteiger partial charge in [-0.25, -0.2) is 4.98 Å². The molecule has 2 aliphatic rings. The van der Waals surface area contributed by atoms with Gasteiger partial charge in [0, 0.05) is 45.2 Å². The summed E-state index contributed by atoms with van der Waals surface area (Å²) in [6, 6.07) is -0.348. The molecule has 1 atom stereocenters. The van der Waals surface area contributed by atoms with E-state index in [1.54, 1.807) is 7.05 Å². The Morgan fingerprint density at radius 2 is 2.10 bits per heavy atom. The van der Waals surface area contributed by atoms with Gasteiger partial charge in [0.15, 0.2) is 0 Å².